The van der Waals surface area contributed by atoms with Crippen molar-refractivity contribution in [1.82, 2.24) is 0 Å². The fraction of sp³-hybridized carbons (Fsp3) is 0.500. The maximum absolute atomic E-state index is 11.6. The van der Waals surface area contributed by atoms with Crippen molar-refractivity contribution in [2.24, 2.45) is 5.92 Å². The first-order valence-corrected chi connectivity index (χ1v) is 6.05. The van der Waals surface area contributed by atoms with Gasteiger partial charge in [0.15, 0.2) is 0 Å². The normalized spacial score (nSPS) is 15.2. The number of amides is 1. The summed E-state index contributed by atoms with van der Waals surface area (Å²) in [5.74, 6) is 1.34. The number of benzene rings is 1. The van der Waals surface area contributed by atoms with Gasteiger partial charge >= 0.3 is 0 Å². The van der Waals surface area contributed by atoms with Crippen LogP contribution in [0.25, 0.3) is 0 Å². The molecule has 2 nitrogen and oxygen atoms in total. The second-order valence-electron chi connectivity index (χ2n) is 4.97. The molecule has 1 aliphatic carbocycles. The molecule has 0 radical (unpaired) electrons. The van der Waals surface area contributed by atoms with Crippen LogP contribution >= 0.6 is 0 Å². The molecule has 2 rings (SSSR count). The molecule has 0 bridgehead atoms. The zero-order chi connectivity index (χ0) is 11.5. The molecule has 1 aromatic rings. The first kappa shape index (κ1) is 11.2. The standard InChI is InChI=1S/C14H19NO/c1-10(2)12-5-7-13(8-6-12)15-14(16)9-11-3-4-11/h5-8,10-11H,3-4,9H2,1-2H3,(H,15,16). The molecule has 1 N–H and O–H groups in total. The minimum absolute atomic E-state index is 0.153. The van der Waals surface area contributed by atoms with Crippen LogP contribution in [-0.2, 0) is 4.79 Å². The highest BCUT2D eigenvalue weighted by Gasteiger charge is 2.24. The zero-order valence-electron chi connectivity index (χ0n) is 9.99. The van der Waals surface area contributed by atoms with E-state index in [4.69, 9.17) is 0 Å². The molecule has 86 valence electrons. The first-order chi connectivity index (χ1) is 7.65. The van der Waals surface area contributed by atoms with Gasteiger partial charge < -0.3 is 5.32 Å². The Hall–Kier alpha value is -1.31. The van der Waals surface area contributed by atoms with Crippen LogP contribution in [0.5, 0.6) is 0 Å². The largest absolute Gasteiger partial charge is 0.326 e. The van der Waals surface area contributed by atoms with Gasteiger partial charge in [0.25, 0.3) is 0 Å². The van der Waals surface area contributed by atoms with Gasteiger partial charge in [-0.2, -0.15) is 0 Å². The summed E-state index contributed by atoms with van der Waals surface area (Å²) in [6, 6.07) is 8.13. The van der Waals surface area contributed by atoms with Crippen molar-refractivity contribution < 1.29 is 4.79 Å². The molecule has 1 saturated carbocycles. The highest BCUT2D eigenvalue weighted by Crippen LogP contribution is 2.32. The van der Waals surface area contributed by atoms with Crippen molar-refractivity contribution in [2.75, 3.05) is 5.32 Å². The summed E-state index contributed by atoms with van der Waals surface area (Å²) in [5, 5.41) is 2.94. The van der Waals surface area contributed by atoms with Crippen LogP contribution in [0.2, 0.25) is 0 Å². The minimum atomic E-state index is 0.153. The lowest BCUT2D eigenvalue weighted by molar-refractivity contribution is -0.116. The van der Waals surface area contributed by atoms with Gasteiger partial charge in [-0.05, 0) is 42.4 Å². The lowest BCUT2D eigenvalue weighted by atomic mass is 10.0. The lowest BCUT2D eigenvalue weighted by Gasteiger charge is -2.08. The molecule has 2 heteroatoms. The Morgan fingerprint density at radius 3 is 2.44 bits per heavy atom. The molecule has 16 heavy (non-hydrogen) atoms. The number of anilines is 1. The number of hydrogen-bond donors (Lipinski definition) is 1. The van der Waals surface area contributed by atoms with Crippen LogP contribution in [0, 0.1) is 5.92 Å². The molecule has 0 heterocycles. The van der Waals surface area contributed by atoms with E-state index < -0.39 is 0 Å². The third kappa shape index (κ3) is 3.09. The molecule has 0 aliphatic heterocycles. The molecule has 1 aliphatic rings. The van der Waals surface area contributed by atoms with Crippen LogP contribution < -0.4 is 5.32 Å². The number of carbonyl (C=O) groups excluding carboxylic acids is 1. The van der Waals surface area contributed by atoms with Gasteiger partial charge in [0.2, 0.25) is 5.91 Å². The van der Waals surface area contributed by atoms with Gasteiger partial charge in [-0.1, -0.05) is 26.0 Å². The first-order valence-electron chi connectivity index (χ1n) is 6.05. The van der Waals surface area contributed by atoms with E-state index >= 15 is 0 Å². The van der Waals surface area contributed by atoms with Crippen molar-refractivity contribution in [2.45, 2.75) is 39.0 Å². The van der Waals surface area contributed by atoms with E-state index in [9.17, 15) is 4.79 Å². The highest BCUT2D eigenvalue weighted by atomic mass is 16.1. The van der Waals surface area contributed by atoms with Gasteiger partial charge in [0, 0.05) is 12.1 Å². The topological polar surface area (TPSA) is 29.1 Å². The Balaban J connectivity index is 1.90. The lowest BCUT2D eigenvalue weighted by Crippen LogP contribution is -2.11. The van der Waals surface area contributed by atoms with E-state index in [2.05, 4.69) is 31.3 Å². The maximum atomic E-state index is 11.6. The predicted octanol–water partition coefficient (Wildman–Crippen LogP) is 3.55. The van der Waals surface area contributed by atoms with Gasteiger partial charge in [-0.3, -0.25) is 4.79 Å². The fourth-order valence-corrected chi connectivity index (χ4v) is 1.75. The van der Waals surface area contributed by atoms with E-state index in [1.165, 1.54) is 18.4 Å². The SMILES string of the molecule is CC(C)c1ccc(NC(=O)CC2CC2)cc1. The van der Waals surface area contributed by atoms with Gasteiger partial charge in [0.1, 0.15) is 0 Å². The van der Waals surface area contributed by atoms with Gasteiger partial charge in [-0.25, -0.2) is 0 Å². The molecule has 1 aromatic carbocycles. The Kier molecular flexibility index (Phi) is 3.28. The van der Waals surface area contributed by atoms with Gasteiger partial charge in [0.05, 0.1) is 0 Å². The second-order valence-corrected chi connectivity index (χ2v) is 4.97. The molecule has 0 saturated heterocycles. The molecule has 0 aromatic heterocycles. The molecule has 0 spiro atoms. The predicted molar refractivity (Wildman–Crippen MR) is 66.5 cm³/mol. The van der Waals surface area contributed by atoms with E-state index in [0.29, 0.717) is 18.3 Å². The Morgan fingerprint density at radius 1 is 1.31 bits per heavy atom. The molecular weight excluding hydrogens is 198 g/mol. The van der Waals surface area contributed by atoms with Crippen molar-refractivity contribution in [1.29, 1.82) is 0 Å². The van der Waals surface area contributed by atoms with Crippen molar-refractivity contribution in [3.8, 4) is 0 Å². The summed E-state index contributed by atoms with van der Waals surface area (Å²) in [6.07, 6.45) is 3.13. The summed E-state index contributed by atoms with van der Waals surface area (Å²) < 4.78 is 0. The number of hydrogen-bond acceptors (Lipinski definition) is 1. The molecule has 0 unspecified atom stereocenters. The Labute approximate surface area is 97.1 Å². The number of rotatable bonds is 4. The Bertz CT molecular complexity index is 363. The van der Waals surface area contributed by atoms with E-state index in [1.54, 1.807) is 0 Å². The summed E-state index contributed by atoms with van der Waals surface area (Å²) in [7, 11) is 0. The average molecular weight is 217 g/mol. The van der Waals surface area contributed by atoms with Gasteiger partial charge in [-0.15, -0.1) is 0 Å². The highest BCUT2D eigenvalue weighted by molar-refractivity contribution is 5.91. The quantitative estimate of drug-likeness (QED) is 0.821. The number of carbonyl (C=O) groups is 1. The van der Waals surface area contributed by atoms with Crippen molar-refractivity contribution >= 4 is 11.6 Å². The summed E-state index contributed by atoms with van der Waals surface area (Å²) >= 11 is 0. The zero-order valence-corrected chi connectivity index (χ0v) is 9.99. The van der Waals surface area contributed by atoms with E-state index in [1.807, 2.05) is 12.1 Å². The van der Waals surface area contributed by atoms with Crippen LogP contribution in [0.15, 0.2) is 24.3 Å². The van der Waals surface area contributed by atoms with E-state index in [0.717, 1.165) is 5.69 Å². The minimum Gasteiger partial charge on any atom is -0.326 e. The third-order valence-electron chi connectivity index (χ3n) is 3.03. The smallest absolute Gasteiger partial charge is 0.224 e. The van der Waals surface area contributed by atoms with Crippen LogP contribution in [0.3, 0.4) is 0 Å². The van der Waals surface area contributed by atoms with Crippen molar-refractivity contribution in [3.63, 3.8) is 0 Å². The Morgan fingerprint density at radius 2 is 1.94 bits per heavy atom. The average Bonchev–Trinajstić information content (AvgIpc) is 3.02. The number of nitrogens with one attached hydrogen (secondary N) is 1. The van der Waals surface area contributed by atoms with E-state index in [-0.39, 0.29) is 5.91 Å². The third-order valence-corrected chi connectivity index (χ3v) is 3.03. The van der Waals surface area contributed by atoms with Crippen LogP contribution in [-0.4, -0.2) is 5.91 Å². The summed E-state index contributed by atoms with van der Waals surface area (Å²) in [4.78, 5) is 11.6. The fourth-order valence-electron chi connectivity index (χ4n) is 1.75. The van der Waals surface area contributed by atoms with Crippen LogP contribution in [0.4, 0.5) is 5.69 Å². The molecule has 1 amide bonds. The summed E-state index contributed by atoms with van der Waals surface area (Å²) in [6.45, 7) is 4.33. The second kappa shape index (κ2) is 4.69. The van der Waals surface area contributed by atoms with Crippen molar-refractivity contribution in [3.05, 3.63) is 29.8 Å². The molecular formula is C14H19NO. The maximum Gasteiger partial charge on any atom is 0.224 e. The summed E-state index contributed by atoms with van der Waals surface area (Å²) in [5.41, 5.74) is 2.22. The van der Waals surface area contributed by atoms with Crippen LogP contribution in [0.1, 0.15) is 44.6 Å². The monoisotopic (exact) mass is 217 g/mol. The molecule has 0 atom stereocenters. The molecule has 1 fully saturated rings.